The van der Waals surface area contributed by atoms with Gasteiger partial charge in [0.05, 0.1) is 5.56 Å². The third kappa shape index (κ3) is 3.43. The molecule has 88 valence electrons. The van der Waals surface area contributed by atoms with E-state index < -0.39 is 5.82 Å². The number of azide groups is 1. The van der Waals surface area contributed by atoms with Crippen molar-refractivity contribution in [3.8, 4) is 0 Å². The van der Waals surface area contributed by atoms with Gasteiger partial charge in [0, 0.05) is 11.5 Å². The summed E-state index contributed by atoms with van der Waals surface area (Å²) in [4.78, 5) is 13.4. The molecular formula is C12H12FN3O. The molecular weight excluding hydrogens is 221 g/mol. The highest BCUT2D eigenvalue weighted by Gasteiger charge is 2.07. The molecule has 4 nitrogen and oxygen atoms in total. The molecule has 0 N–H and O–H groups in total. The molecule has 0 amide bonds. The minimum absolute atomic E-state index is 0.0602. The van der Waals surface area contributed by atoms with Crippen LogP contribution in [0.4, 0.5) is 4.39 Å². The third-order valence-electron chi connectivity index (χ3n) is 2.31. The molecule has 0 bridgehead atoms. The maximum atomic E-state index is 13.3. The van der Waals surface area contributed by atoms with E-state index in [-0.39, 0.29) is 5.56 Å². The fraction of sp³-hybridized carbons (Fsp3) is 0.250. The summed E-state index contributed by atoms with van der Waals surface area (Å²) in [5.74, 6) is -0.528. The van der Waals surface area contributed by atoms with Gasteiger partial charge in [-0.05, 0) is 36.1 Å². The highest BCUT2D eigenvalue weighted by Crippen LogP contribution is 2.18. The van der Waals surface area contributed by atoms with Crippen LogP contribution in [0.3, 0.4) is 0 Å². The van der Waals surface area contributed by atoms with E-state index in [2.05, 4.69) is 10.0 Å². The van der Waals surface area contributed by atoms with Gasteiger partial charge in [0.25, 0.3) is 0 Å². The first-order valence-electron chi connectivity index (χ1n) is 5.12. The van der Waals surface area contributed by atoms with E-state index >= 15 is 0 Å². The number of aryl methyl sites for hydroxylation is 1. The van der Waals surface area contributed by atoms with Gasteiger partial charge in [-0.1, -0.05) is 23.3 Å². The molecule has 1 aromatic carbocycles. The number of hydrogen-bond acceptors (Lipinski definition) is 2. The lowest BCUT2D eigenvalue weighted by atomic mass is 10.0. The zero-order chi connectivity index (χ0) is 12.7. The van der Waals surface area contributed by atoms with Gasteiger partial charge >= 0.3 is 0 Å². The van der Waals surface area contributed by atoms with Crippen molar-refractivity contribution in [1.82, 2.24) is 0 Å². The van der Waals surface area contributed by atoms with Gasteiger partial charge in [0.2, 0.25) is 0 Å². The quantitative estimate of drug-likeness (QED) is 0.251. The standard InChI is InChI=1S/C12H12FN3O/c1-9-5-6-12(13)11(8-17)10(9)4-2-3-7-15-16-14/h2,4-6,8H,3,7H2,1H3. The summed E-state index contributed by atoms with van der Waals surface area (Å²) in [7, 11) is 0. The highest BCUT2D eigenvalue weighted by atomic mass is 19.1. The Kier molecular flexibility index (Phi) is 4.91. The van der Waals surface area contributed by atoms with E-state index in [4.69, 9.17) is 5.53 Å². The second-order valence-electron chi connectivity index (χ2n) is 3.46. The van der Waals surface area contributed by atoms with E-state index in [9.17, 15) is 9.18 Å². The Morgan fingerprint density at radius 3 is 2.88 bits per heavy atom. The Bertz CT molecular complexity index is 491. The maximum Gasteiger partial charge on any atom is 0.153 e. The van der Waals surface area contributed by atoms with E-state index in [0.717, 1.165) is 5.56 Å². The molecule has 1 rings (SSSR count). The van der Waals surface area contributed by atoms with Crippen LogP contribution in [0.25, 0.3) is 16.5 Å². The van der Waals surface area contributed by atoms with Crippen molar-refractivity contribution in [3.05, 3.63) is 51.2 Å². The van der Waals surface area contributed by atoms with E-state index in [1.54, 1.807) is 25.1 Å². The number of rotatable bonds is 5. The number of benzene rings is 1. The summed E-state index contributed by atoms with van der Waals surface area (Å²) in [5, 5.41) is 3.37. The Morgan fingerprint density at radius 1 is 1.47 bits per heavy atom. The summed E-state index contributed by atoms with van der Waals surface area (Å²) in [6, 6.07) is 2.89. The van der Waals surface area contributed by atoms with Crippen LogP contribution in [0.2, 0.25) is 0 Å². The number of carbonyl (C=O) groups excluding carboxylic acids is 1. The van der Waals surface area contributed by atoms with E-state index in [0.29, 0.717) is 24.8 Å². The molecule has 0 spiro atoms. The molecule has 1 aromatic rings. The van der Waals surface area contributed by atoms with Crippen LogP contribution in [-0.2, 0) is 0 Å². The SMILES string of the molecule is Cc1ccc(F)c(C=O)c1C=CCCN=[N+]=[N-]. The molecule has 0 heterocycles. The number of aldehydes is 1. The number of carbonyl (C=O) groups is 1. The minimum Gasteiger partial charge on any atom is -0.298 e. The minimum atomic E-state index is -0.528. The van der Waals surface area contributed by atoms with Crippen LogP contribution in [0.5, 0.6) is 0 Å². The monoisotopic (exact) mass is 233 g/mol. The van der Waals surface area contributed by atoms with E-state index in [1.165, 1.54) is 6.07 Å². The molecule has 0 saturated heterocycles. The predicted octanol–water partition coefficient (Wildman–Crippen LogP) is 3.66. The zero-order valence-electron chi connectivity index (χ0n) is 9.43. The van der Waals surface area contributed by atoms with Crippen LogP contribution in [0, 0.1) is 12.7 Å². The molecule has 0 atom stereocenters. The van der Waals surface area contributed by atoms with Gasteiger partial charge < -0.3 is 0 Å². The van der Waals surface area contributed by atoms with Gasteiger partial charge in [-0.25, -0.2) is 4.39 Å². The number of nitrogens with zero attached hydrogens (tertiary/aromatic N) is 3. The Morgan fingerprint density at radius 2 is 2.24 bits per heavy atom. The first-order valence-corrected chi connectivity index (χ1v) is 5.12. The molecule has 5 heteroatoms. The molecule has 0 aromatic heterocycles. The summed E-state index contributed by atoms with van der Waals surface area (Å²) >= 11 is 0. The summed E-state index contributed by atoms with van der Waals surface area (Å²) in [6.07, 6.45) is 4.49. The molecule has 0 saturated carbocycles. The van der Waals surface area contributed by atoms with Crippen LogP contribution in [0.15, 0.2) is 23.3 Å². The average molecular weight is 233 g/mol. The van der Waals surface area contributed by atoms with Crippen molar-refractivity contribution in [2.24, 2.45) is 5.11 Å². The Hall–Kier alpha value is -2.13. The van der Waals surface area contributed by atoms with Gasteiger partial charge in [0.1, 0.15) is 5.82 Å². The summed E-state index contributed by atoms with van der Waals surface area (Å²) in [6.45, 7) is 2.15. The molecule has 0 aliphatic rings. The van der Waals surface area contributed by atoms with Crippen LogP contribution < -0.4 is 0 Å². The largest absolute Gasteiger partial charge is 0.298 e. The van der Waals surface area contributed by atoms with Crippen molar-refractivity contribution in [2.45, 2.75) is 13.3 Å². The lowest BCUT2D eigenvalue weighted by Crippen LogP contribution is -1.95. The van der Waals surface area contributed by atoms with Crippen LogP contribution in [-0.4, -0.2) is 12.8 Å². The third-order valence-corrected chi connectivity index (χ3v) is 2.31. The average Bonchev–Trinajstić information content (AvgIpc) is 2.33. The summed E-state index contributed by atoms with van der Waals surface area (Å²) < 4.78 is 13.3. The van der Waals surface area contributed by atoms with Crippen LogP contribution >= 0.6 is 0 Å². The zero-order valence-corrected chi connectivity index (χ0v) is 9.43. The van der Waals surface area contributed by atoms with Crippen molar-refractivity contribution >= 4 is 12.4 Å². The lowest BCUT2D eigenvalue weighted by molar-refractivity contribution is 0.111. The van der Waals surface area contributed by atoms with Crippen molar-refractivity contribution in [3.63, 3.8) is 0 Å². The normalized spacial score (nSPS) is 10.2. The number of halogens is 1. The Labute approximate surface area is 98.4 Å². The van der Waals surface area contributed by atoms with Crippen LogP contribution in [0.1, 0.15) is 27.9 Å². The fourth-order valence-electron chi connectivity index (χ4n) is 1.44. The molecule has 0 aliphatic heterocycles. The first-order chi connectivity index (χ1) is 8.20. The topological polar surface area (TPSA) is 65.8 Å². The van der Waals surface area contributed by atoms with Crippen molar-refractivity contribution in [1.29, 1.82) is 0 Å². The summed E-state index contributed by atoms with van der Waals surface area (Å²) in [5.41, 5.74) is 9.54. The molecule has 0 fully saturated rings. The maximum absolute atomic E-state index is 13.3. The molecule has 0 unspecified atom stereocenters. The molecule has 0 radical (unpaired) electrons. The fourth-order valence-corrected chi connectivity index (χ4v) is 1.44. The van der Waals surface area contributed by atoms with Gasteiger partial charge in [-0.3, -0.25) is 4.79 Å². The van der Waals surface area contributed by atoms with Crippen molar-refractivity contribution < 1.29 is 9.18 Å². The smallest absolute Gasteiger partial charge is 0.153 e. The second kappa shape index (κ2) is 6.45. The van der Waals surface area contributed by atoms with E-state index in [1.807, 2.05) is 0 Å². The van der Waals surface area contributed by atoms with Gasteiger partial charge in [0.15, 0.2) is 6.29 Å². The second-order valence-corrected chi connectivity index (χ2v) is 3.46. The predicted molar refractivity (Wildman–Crippen MR) is 64.2 cm³/mol. The molecule has 0 aliphatic carbocycles. The first kappa shape index (κ1) is 12.9. The van der Waals surface area contributed by atoms with Crippen molar-refractivity contribution in [2.75, 3.05) is 6.54 Å². The van der Waals surface area contributed by atoms with Gasteiger partial charge in [-0.2, -0.15) is 0 Å². The lowest BCUT2D eigenvalue weighted by Gasteiger charge is -2.04. The van der Waals surface area contributed by atoms with Gasteiger partial charge in [-0.15, -0.1) is 0 Å². The Balaban J connectivity index is 2.92. The number of hydrogen-bond donors (Lipinski definition) is 0. The highest BCUT2D eigenvalue weighted by molar-refractivity contribution is 5.83. The molecule has 17 heavy (non-hydrogen) atoms.